The number of nitrogens with zero attached hydrogens (tertiary/aromatic N) is 4. The zero-order chi connectivity index (χ0) is 32.6. The molecule has 0 fully saturated rings. The lowest BCUT2D eigenvalue weighted by Crippen LogP contribution is -2.00. The number of rotatable bonds is 6. The van der Waals surface area contributed by atoms with Crippen LogP contribution in [0.15, 0.2) is 170 Å². The number of hydrogen-bond donors (Lipinski definition) is 0. The summed E-state index contributed by atoms with van der Waals surface area (Å²) in [5.74, 6) is 1.91. The molecule has 0 radical (unpaired) electrons. The molecule has 230 valence electrons. The third-order valence-electron chi connectivity index (χ3n) is 8.76. The summed E-state index contributed by atoms with van der Waals surface area (Å²) in [4.78, 5) is 20.0. The van der Waals surface area contributed by atoms with Gasteiger partial charge in [-0.2, -0.15) is 0 Å². The molecule has 2 heterocycles. The van der Waals surface area contributed by atoms with E-state index in [4.69, 9.17) is 19.9 Å². The lowest BCUT2D eigenvalue weighted by atomic mass is 9.98. The molecule has 0 aliphatic heterocycles. The van der Waals surface area contributed by atoms with Gasteiger partial charge in [-0.25, -0.2) is 19.9 Å². The molecule has 0 saturated heterocycles. The molecule has 0 aliphatic rings. The number of aromatic nitrogens is 4. The number of fused-ring (bicyclic) bond motifs is 3. The lowest BCUT2D eigenvalue weighted by Gasteiger charge is -2.10. The van der Waals surface area contributed by atoms with Gasteiger partial charge in [0.25, 0.3) is 0 Å². The smallest absolute Gasteiger partial charge is 0.164 e. The van der Waals surface area contributed by atoms with Gasteiger partial charge in [-0.05, 0) is 45.8 Å². The molecule has 2 aromatic heterocycles. The number of hydrogen-bond acceptors (Lipinski definition) is 5. The van der Waals surface area contributed by atoms with Gasteiger partial charge < -0.3 is 0 Å². The molecule has 0 unspecified atom stereocenters. The van der Waals surface area contributed by atoms with Crippen LogP contribution in [0, 0.1) is 0 Å². The monoisotopic (exact) mass is 644 g/mol. The molecule has 0 atom stereocenters. The van der Waals surface area contributed by atoms with Crippen LogP contribution in [0.1, 0.15) is 0 Å². The van der Waals surface area contributed by atoms with Crippen LogP contribution in [0.3, 0.4) is 0 Å². The van der Waals surface area contributed by atoms with Crippen LogP contribution in [0.25, 0.3) is 88.0 Å². The van der Waals surface area contributed by atoms with E-state index in [0.717, 1.165) is 59.4 Å². The van der Waals surface area contributed by atoms with Gasteiger partial charge in [0.2, 0.25) is 0 Å². The molecule has 4 nitrogen and oxygen atoms in total. The van der Waals surface area contributed by atoms with Crippen molar-refractivity contribution in [2.24, 2.45) is 0 Å². The highest BCUT2D eigenvalue weighted by atomic mass is 32.1. The van der Waals surface area contributed by atoms with Gasteiger partial charge >= 0.3 is 0 Å². The summed E-state index contributed by atoms with van der Waals surface area (Å²) in [6, 6.07) is 58.8. The fourth-order valence-electron chi connectivity index (χ4n) is 6.22. The van der Waals surface area contributed by atoms with E-state index in [1.807, 2.05) is 42.5 Å². The van der Waals surface area contributed by atoms with E-state index in [0.29, 0.717) is 17.5 Å². The predicted octanol–water partition coefficient (Wildman–Crippen LogP) is 11.6. The van der Waals surface area contributed by atoms with E-state index in [2.05, 4.69) is 127 Å². The first-order chi connectivity index (χ1) is 24.2. The summed E-state index contributed by atoms with van der Waals surface area (Å²) in [6.45, 7) is 0. The van der Waals surface area contributed by atoms with E-state index < -0.39 is 0 Å². The van der Waals surface area contributed by atoms with Crippen molar-refractivity contribution in [1.82, 2.24) is 19.9 Å². The molecular weight excluding hydrogens is 617 g/mol. The molecule has 7 aromatic carbocycles. The summed E-state index contributed by atoms with van der Waals surface area (Å²) in [5, 5.41) is 3.31. The summed E-state index contributed by atoms with van der Waals surface area (Å²) in [6.07, 6.45) is 0. The average Bonchev–Trinajstić information content (AvgIpc) is 3.64. The van der Waals surface area contributed by atoms with E-state index in [1.165, 1.54) is 11.1 Å². The van der Waals surface area contributed by atoms with Crippen molar-refractivity contribution in [2.45, 2.75) is 0 Å². The zero-order valence-electron chi connectivity index (χ0n) is 26.4. The van der Waals surface area contributed by atoms with Crippen LogP contribution in [0.2, 0.25) is 0 Å². The van der Waals surface area contributed by atoms with Gasteiger partial charge in [0, 0.05) is 27.6 Å². The molecule has 0 spiro atoms. The molecule has 0 aliphatic carbocycles. The van der Waals surface area contributed by atoms with E-state index in [-0.39, 0.29) is 0 Å². The third-order valence-corrected chi connectivity index (χ3v) is 9.92. The molecular formula is C44H28N4S. The minimum atomic E-state index is 0.634. The van der Waals surface area contributed by atoms with Gasteiger partial charge in [-0.1, -0.05) is 152 Å². The predicted molar refractivity (Wildman–Crippen MR) is 203 cm³/mol. The molecule has 49 heavy (non-hydrogen) atoms. The van der Waals surface area contributed by atoms with Gasteiger partial charge in [-0.15, -0.1) is 11.3 Å². The van der Waals surface area contributed by atoms with Crippen molar-refractivity contribution in [2.75, 3.05) is 0 Å². The summed E-state index contributed by atoms with van der Waals surface area (Å²) in [5.41, 5.74) is 9.62. The Bertz CT molecular complexity index is 2580. The Morgan fingerprint density at radius 1 is 0.327 bits per heavy atom. The molecule has 0 N–H and O–H groups in total. The first-order valence-corrected chi connectivity index (χ1v) is 17.0. The topological polar surface area (TPSA) is 51.6 Å². The van der Waals surface area contributed by atoms with Gasteiger partial charge in [0.15, 0.2) is 17.5 Å². The van der Waals surface area contributed by atoms with Crippen LogP contribution < -0.4 is 0 Å². The third kappa shape index (κ3) is 5.67. The van der Waals surface area contributed by atoms with Crippen molar-refractivity contribution in [3.8, 4) is 67.0 Å². The average molecular weight is 645 g/mol. The van der Waals surface area contributed by atoms with E-state index >= 15 is 0 Å². The Labute approximate surface area is 288 Å². The van der Waals surface area contributed by atoms with Crippen molar-refractivity contribution in [3.05, 3.63) is 170 Å². The minimum absolute atomic E-state index is 0.634. The van der Waals surface area contributed by atoms with Crippen LogP contribution in [-0.4, -0.2) is 19.9 Å². The maximum atomic E-state index is 5.06. The highest BCUT2D eigenvalue weighted by molar-refractivity contribution is 7.22. The molecule has 0 bridgehead atoms. The summed E-state index contributed by atoms with van der Waals surface area (Å²) in [7, 11) is 0. The molecule has 0 amide bonds. The first kappa shape index (κ1) is 28.9. The van der Waals surface area contributed by atoms with Crippen molar-refractivity contribution in [1.29, 1.82) is 0 Å². The van der Waals surface area contributed by atoms with E-state index in [9.17, 15) is 0 Å². The Kier molecular flexibility index (Phi) is 7.30. The maximum Gasteiger partial charge on any atom is 0.164 e. The first-order valence-electron chi connectivity index (χ1n) is 16.2. The second-order valence-electron chi connectivity index (χ2n) is 11.9. The quantitative estimate of drug-likeness (QED) is 0.181. The fourth-order valence-corrected chi connectivity index (χ4v) is 7.32. The minimum Gasteiger partial charge on any atom is -0.236 e. The Morgan fingerprint density at radius 2 is 0.796 bits per heavy atom. The highest BCUT2D eigenvalue weighted by Crippen LogP contribution is 2.37. The zero-order valence-corrected chi connectivity index (χ0v) is 27.2. The maximum absolute atomic E-state index is 5.06. The number of benzene rings is 7. The second-order valence-corrected chi connectivity index (χ2v) is 12.9. The van der Waals surface area contributed by atoms with Crippen molar-refractivity contribution in [3.63, 3.8) is 0 Å². The van der Waals surface area contributed by atoms with Crippen LogP contribution in [0.4, 0.5) is 0 Å². The van der Waals surface area contributed by atoms with Crippen molar-refractivity contribution < 1.29 is 0 Å². The molecule has 0 saturated carbocycles. The Balaban J connectivity index is 1.13. The summed E-state index contributed by atoms with van der Waals surface area (Å²) >= 11 is 1.72. The highest BCUT2D eigenvalue weighted by Gasteiger charge is 2.15. The Hall–Kier alpha value is -6.30. The van der Waals surface area contributed by atoms with Crippen LogP contribution in [0.5, 0.6) is 0 Å². The molecule has 5 heteroatoms. The second kappa shape index (κ2) is 12.4. The fraction of sp³-hybridized carbons (Fsp3) is 0. The van der Waals surface area contributed by atoms with Crippen LogP contribution in [-0.2, 0) is 0 Å². The SMILES string of the molecule is c1ccc(-c2cccc(-c3ccc(-c4nc(-c5ccccc5)nc(-c5ccc6ccc7nc(-c8ccccc8)sc7c6c5)n4)cc3)c2)cc1. The van der Waals surface area contributed by atoms with Crippen molar-refractivity contribution >= 4 is 32.3 Å². The largest absolute Gasteiger partial charge is 0.236 e. The van der Waals surface area contributed by atoms with Gasteiger partial charge in [-0.3, -0.25) is 0 Å². The lowest BCUT2D eigenvalue weighted by molar-refractivity contribution is 1.07. The standard InChI is InChI=1S/C44H28N4S/c1-4-11-29(12-5-1)35-17-10-18-36(27-35)30-19-22-33(23-20-30)42-46-41(32-13-6-2-7-14-32)47-43(48-42)37-24-21-31-25-26-39-40(38(31)28-37)49-44(45-39)34-15-8-3-9-16-34/h1-28H. The summed E-state index contributed by atoms with van der Waals surface area (Å²) < 4.78 is 1.16. The van der Waals surface area contributed by atoms with Gasteiger partial charge in [0.05, 0.1) is 10.2 Å². The van der Waals surface area contributed by atoms with Gasteiger partial charge in [0.1, 0.15) is 5.01 Å². The van der Waals surface area contributed by atoms with Crippen LogP contribution >= 0.6 is 11.3 Å². The normalized spacial score (nSPS) is 11.3. The number of thiazole rings is 1. The Morgan fingerprint density at radius 3 is 1.45 bits per heavy atom. The molecule has 9 rings (SSSR count). The van der Waals surface area contributed by atoms with E-state index in [1.54, 1.807) is 11.3 Å². The molecule has 9 aromatic rings.